The molecular formula is C13H20FNO. The molecule has 0 aliphatic rings. The molecular weight excluding hydrogens is 205 g/mol. The van der Waals surface area contributed by atoms with Crippen LogP contribution in [0.3, 0.4) is 0 Å². The zero-order chi connectivity index (χ0) is 12.3. The number of nitrogens with zero attached hydrogens (tertiary/aromatic N) is 1. The zero-order valence-corrected chi connectivity index (χ0v) is 10.4. The van der Waals surface area contributed by atoms with Crippen molar-refractivity contribution >= 4 is 5.69 Å². The number of anilines is 1. The van der Waals surface area contributed by atoms with Crippen molar-refractivity contribution in [2.24, 2.45) is 0 Å². The van der Waals surface area contributed by atoms with Gasteiger partial charge in [-0.05, 0) is 26.3 Å². The Labute approximate surface area is 96.7 Å². The van der Waals surface area contributed by atoms with Crippen molar-refractivity contribution < 1.29 is 9.50 Å². The third-order valence-electron chi connectivity index (χ3n) is 3.07. The van der Waals surface area contributed by atoms with Gasteiger partial charge in [-0.1, -0.05) is 19.1 Å². The van der Waals surface area contributed by atoms with E-state index in [0.29, 0.717) is 11.3 Å². The first kappa shape index (κ1) is 13.0. The van der Waals surface area contributed by atoms with E-state index in [0.717, 1.165) is 6.42 Å². The molecule has 0 amide bonds. The first-order valence-corrected chi connectivity index (χ1v) is 5.68. The third-order valence-corrected chi connectivity index (χ3v) is 3.07. The van der Waals surface area contributed by atoms with Gasteiger partial charge in [-0.15, -0.1) is 0 Å². The highest BCUT2D eigenvalue weighted by Gasteiger charge is 2.18. The summed E-state index contributed by atoms with van der Waals surface area (Å²) in [6.07, 6.45) is 0.279. The molecule has 1 aromatic rings. The Morgan fingerprint density at radius 3 is 2.50 bits per heavy atom. The van der Waals surface area contributed by atoms with Gasteiger partial charge in [0.25, 0.3) is 0 Å². The molecule has 16 heavy (non-hydrogen) atoms. The summed E-state index contributed by atoms with van der Waals surface area (Å²) in [7, 11) is 1.86. The minimum atomic E-state index is -0.655. The fraction of sp³-hybridized carbons (Fsp3) is 0.538. The highest BCUT2D eigenvalue weighted by atomic mass is 19.1. The van der Waals surface area contributed by atoms with Crippen molar-refractivity contribution in [1.29, 1.82) is 0 Å². The predicted molar refractivity (Wildman–Crippen MR) is 65.2 cm³/mol. The van der Waals surface area contributed by atoms with E-state index >= 15 is 0 Å². The van der Waals surface area contributed by atoms with E-state index in [9.17, 15) is 9.50 Å². The van der Waals surface area contributed by atoms with Gasteiger partial charge >= 0.3 is 0 Å². The predicted octanol–water partition coefficient (Wildman–Crippen LogP) is 3.11. The van der Waals surface area contributed by atoms with Gasteiger partial charge in [0.05, 0.1) is 11.8 Å². The summed E-state index contributed by atoms with van der Waals surface area (Å²) in [5.41, 5.74) is 1.15. The number of aliphatic hydroxyl groups excluding tert-OH is 1. The van der Waals surface area contributed by atoms with E-state index in [2.05, 4.69) is 6.92 Å². The van der Waals surface area contributed by atoms with Crippen LogP contribution in [0.15, 0.2) is 18.2 Å². The molecule has 1 rings (SSSR count). The van der Waals surface area contributed by atoms with Gasteiger partial charge in [0, 0.05) is 18.7 Å². The van der Waals surface area contributed by atoms with E-state index in [4.69, 9.17) is 0 Å². The summed E-state index contributed by atoms with van der Waals surface area (Å²) in [4.78, 5) is 1.89. The summed E-state index contributed by atoms with van der Waals surface area (Å²) in [6.45, 7) is 5.76. The normalized spacial score (nSPS) is 14.6. The topological polar surface area (TPSA) is 23.5 Å². The van der Waals surface area contributed by atoms with E-state index in [1.54, 1.807) is 19.1 Å². The molecule has 90 valence electrons. The number of rotatable bonds is 4. The zero-order valence-electron chi connectivity index (χ0n) is 10.4. The second-order valence-electron chi connectivity index (χ2n) is 4.22. The van der Waals surface area contributed by atoms with Gasteiger partial charge in [0.2, 0.25) is 0 Å². The highest BCUT2D eigenvalue weighted by Crippen LogP contribution is 2.30. The second kappa shape index (κ2) is 5.30. The number of aliphatic hydroxyl groups is 1. The molecule has 0 saturated carbocycles. The Balaban J connectivity index is 3.19. The van der Waals surface area contributed by atoms with E-state index in [1.165, 1.54) is 6.07 Å². The van der Waals surface area contributed by atoms with Gasteiger partial charge in [-0.3, -0.25) is 0 Å². The largest absolute Gasteiger partial charge is 0.389 e. The molecule has 0 saturated heterocycles. The van der Waals surface area contributed by atoms with Crippen molar-refractivity contribution in [2.75, 3.05) is 11.9 Å². The monoisotopic (exact) mass is 225 g/mol. The third kappa shape index (κ3) is 2.53. The van der Waals surface area contributed by atoms with Crippen molar-refractivity contribution in [2.45, 2.75) is 39.3 Å². The summed E-state index contributed by atoms with van der Waals surface area (Å²) in [5, 5.41) is 9.64. The summed E-state index contributed by atoms with van der Waals surface area (Å²) in [5.74, 6) is -0.277. The Kier molecular flexibility index (Phi) is 4.30. The molecule has 0 heterocycles. The van der Waals surface area contributed by atoms with Crippen LogP contribution in [0.1, 0.15) is 38.9 Å². The van der Waals surface area contributed by atoms with Gasteiger partial charge in [0.1, 0.15) is 5.82 Å². The standard InChI is InChI=1S/C13H20FNO/c1-5-9(2)15(4)13-11(10(3)16)7-6-8-12(13)14/h6-10,16H,5H2,1-4H3/t9?,10-/m0/s1. The quantitative estimate of drug-likeness (QED) is 0.851. The first-order chi connectivity index (χ1) is 7.49. The maximum atomic E-state index is 13.8. The smallest absolute Gasteiger partial charge is 0.146 e. The van der Waals surface area contributed by atoms with Crippen molar-refractivity contribution in [1.82, 2.24) is 0 Å². The van der Waals surface area contributed by atoms with Gasteiger partial charge in [0.15, 0.2) is 0 Å². The van der Waals surface area contributed by atoms with Crippen LogP contribution in [-0.4, -0.2) is 18.2 Å². The lowest BCUT2D eigenvalue weighted by molar-refractivity contribution is 0.199. The Morgan fingerprint density at radius 1 is 1.38 bits per heavy atom. The molecule has 0 aromatic heterocycles. The highest BCUT2D eigenvalue weighted by molar-refractivity contribution is 5.55. The molecule has 1 unspecified atom stereocenters. The van der Waals surface area contributed by atoms with Crippen LogP contribution in [0.25, 0.3) is 0 Å². The lowest BCUT2D eigenvalue weighted by Gasteiger charge is -2.29. The average molecular weight is 225 g/mol. The molecule has 0 aliphatic heterocycles. The van der Waals surface area contributed by atoms with E-state index in [1.807, 2.05) is 18.9 Å². The number of para-hydroxylation sites is 1. The molecule has 0 bridgehead atoms. The van der Waals surface area contributed by atoms with Crippen LogP contribution in [-0.2, 0) is 0 Å². The second-order valence-corrected chi connectivity index (χ2v) is 4.22. The molecule has 1 N–H and O–H groups in total. The Morgan fingerprint density at radius 2 is 2.00 bits per heavy atom. The fourth-order valence-corrected chi connectivity index (χ4v) is 1.74. The maximum Gasteiger partial charge on any atom is 0.146 e. The summed E-state index contributed by atoms with van der Waals surface area (Å²) in [6, 6.07) is 5.07. The van der Waals surface area contributed by atoms with E-state index < -0.39 is 6.10 Å². The molecule has 3 heteroatoms. The average Bonchev–Trinajstić information content (AvgIpc) is 2.26. The fourth-order valence-electron chi connectivity index (χ4n) is 1.74. The number of halogens is 1. The van der Waals surface area contributed by atoms with Crippen LogP contribution in [0.2, 0.25) is 0 Å². The molecule has 1 aromatic carbocycles. The minimum absolute atomic E-state index is 0.245. The molecule has 2 atom stereocenters. The molecule has 2 nitrogen and oxygen atoms in total. The lowest BCUT2D eigenvalue weighted by atomic mass is 10.1. The van der Waals surface area contributed by atoms with Crippen LogP contribution >= 0.6 is 0 Å². The maximum absolute atomic E-state index is 13.8. The van der Waals surface area contributed by atoms with Crippen molar-refractivity contribution in [3.8, 4) is 0 Å². The van der Waals surface area contributed by atoms with Crippen LogP contribution in [0.5, 0.6) is 0 Å². The van der Waals surface area contributed by atoms with Crippen LogP contribution < -0.4 is 4.90 Å². The van der Waals surface area contributed by atoms with Crippen molar-refractivity contribution in [3.63, 3.8) is 0 Å². The number of hydrogen-bond donors (Lipinski definition) is 1. The molecule has 0 aliphatic carbocycles. The summed E-state index contributed by atoms with van der Waals surface area (Å²) < 4.78 is 13.8. The molecule has 0 spiro atoms. The minimum Gasteiger partial charge on any atom is -0.389 e. The first-order valence-electron chi connectivity index (χ1n) is 5.68. The SMILES string of the molecule is CCC(C)N(C)c1c(F)cccc1[C@H](C)O. The van der Waals surface area contributed by atoms with Gasteiger partial charge in [-0.25, -0.2) is 4.39 Å². The molecule has 0 fully saturated rings. The Bertz CT molecular complexity index is 352. The number of hydrogen-bond acceptors (Lipinski definition) is 2. The van der Waals surface area contributed by atoms with Crippen LogP contribution in [0, 0.1) is 5.82 Å². The van der Waals surface area contributed by atoms with Gasteiger partial charge < -0.3 is 10.0 Å². The summed E-state index contributed by atoms with van der Waals surface area (Å²) >= 11 is 0. The lowest BCUT2D eigenvalue weighted by Crippen LogP contribution is -2.30. The van der Waals surface area contributed by atoms with Crippen LogP contribution in [0.4, 0.5) is 10.1 Å². The Hall–Kier alpha value is -1.09. The van der Waals surface area contributed by atoms with E-state index in [-0.39, 0.29) is 11.9 Å². The van der Waals surface area contributed by atoms with Crippen molar-refractivity contribution in [3.05, 3.63) is 29.6 Å². The van der Waals surface area contributed by atoms with Gasteiger partial charge in [-0.2, -0.15) is 0 Å². The molecule has 0 radical (unpaired) electrons. The number of benzene rings is 1.